The maximum absolute atomic E-state index is 12.9. The van der Waals surface area contributed by atoms with Crippen molar-refractivity contribution < 1.29 is 9.53 Å². The fraction of sp³-hybridized carbons (Fsp3) is 0.208. The molecule has 1 aliphatic rings. The fourth-order valence-corrected chi connectivity index (χ4v) is 4.34. The molecule has 0 saturated heterocycles. The van der Waals surface area contributed by atoms with E-state index in [0.717, 1.165) is 39.5 Å². The summed E-state index contributed by atoms with van der Waals surface area (Å²) < 4.78 is 6.98. The number of aryl methyl sites for hydroxylation is 1. The zero-order chi connectivity index (χ0) is 20.8. The lowest BCUT2D eigenvalue weighted by Gasteiger charge is -2.23. The molecular weight excluding hydrogens is 398 g/mol. The highest BCUT2D eigenvalue weighted by atomic mass is 35.5. The summed E-state index contributed by atoms with van der Waals surface area (Å²) in [4.78, 5) is 17.8. The van der Waals surface area contributed by atoms with Crippen LogP contribution in [-0.4, -0.2) is 27.5 Å². The van der Waals surface area contributed by atoms with E-state index in [0.29, 0.717) is 23.4 Å². The van der Waals surface area contributed by atoms with Crippen LogP contribution < -0.4 is 4.74 Å². The number of aromatic nitrogens is 3. The first-order valence-electron chi connectivity index (χ1n) is 9.85. The molecule has 6 heteroatoms. The molecule has 1 atom stereocenters. The zero-order valence-electron chi connectivity index (χ0n) is 16.7. The van der Waals surface area contributed by atoms with Gasteiger partial charge in [-0.05, 0) is 54.7 Å². The molecule has 0 bridgehead atoms. The molecule has 0 N–H and O–H groups in total. The van der Waals surface area contributed by atoms with Crippen LogP contribution in [0.4, 0.5) is 0 Å². The van der Waals surface area contributed by atoms with Gasteiger partial charge in [-0.3, -0.25) is 4.79 Å². The van der Waals surface area contributed by atoms with Gasteiger partial charge in [-0.1, -0.05) is 35.9 Å². The Kier molecular flexibility index (Phi) is 4.55. The number of rotatable bonds is 3. The average Bonchev–Trinajstić information content (AvgIpc) is 3.08. The molecule has 0 spiro atoms. The number of hydrogen-bond acceptors (Lipinski definition) is 4. The number of ether oxygens (including phenoxy) is 1. The van der Waals surface area contributed by atoms with Crippen LogP contribution >= 0.6 is 11.6 Å². The standard InChI is InChI=1S/C24H20ClN3O2/c1-14-23(16-3-7-18(25)8-4-16)24-26-21-11-17(15-5-9-19(30-2)10-6-15)12-22(29)20(21)13-28(24)27-14/h3-10,13,17H,11-12H2,1-2H3. The SMILES string of the molecule is COc1ccc(C2CC(=O)c3cn4nc(C)c(-c5ccc(Cl)cc5)c4nc3C2)cc1. The number of benzene rings is 2. The molecule has 4 aromatic rings. The molecule has 5 rings (SSSR count). The summed E-state index contributed by atoms with van der Waals surface area (Å²) in [6.07, 6.45) is 3.02. The Labute approximate surface area is 179 Å². The number of methoxy groups -OCH3 is 1. The average molecular weight is 418 g/mol. The van der Waals surface area contributed by atoms with Crippen LogP contribution in [0, 0.1) is 6.92 Å². The van der Waals surface area contributed by atoms with Crippen LogP contribution in [0.5, 0.6) is 5.75 Å². The predicted molar refractivity (Wildman–Crippen MR) is 117 cm³/mol. The third-order valence-corrected chi connectivity index (χ3v) is 6.01. The lowest BCUT2D eigenvalue weighted by Crippen LogP contribution is -2.21. The van der Waals surface area contributed by atoms with E-state index in [1.807, 2.05) is 61.7 Å². The van der Waals surface area contributed by atoms with Crippen molar-refractivity contribution in [3.8, 4) is 16.9 Å². The van der Waals surface area contributed by atoms with Crippen molar-refractivity contribution in [2.75, 3.05) is 7.11 Å². The summed E-state index contributed by atoms with van der Waals surface area (Å²) in [6.45, 7) is 1.96. The molecule has 2 heterocycles. The van der Waals surface area contributed by atoms with E-state index in [-0.39, 0.29) is 11.7 Å². The second kappa shape index (κ2) is 7.26. The monoisotopic (exact) mass is 417 g/mol. The van der Waals surface area contributed by atoms with Crippen LogP contribution in [0.25, 0.3) is 16.8 Å². The highest BCUT2D eigenvalue weighted by molar-refractivity contribution is 6.30. The van der Waals surface area contributed by atoms with E-state index < -0.39 is 0 Å². The lowest BCUT2D eigenvalue weighted by molar-refractivity contribution is 0.0962. The smallest absolute Gasteiger partial charge is 0.166 e. The van der Waals surface area contributed by atoms with Crippen molar-refractivity contribution in [3.05, 3.63) is 82.3 Å². The van der Waals surface area contributed by atoms with Gasteiger partial charge in [0.2, 0.25) is 0 Å². The number of halogens is 1. The highest BCUT2D eigenvalue weighted by Gasteiger charge is 2.29. The van der Waals surface area contributed by atoms with Crippen LogP contribution in [0.1, 0.15) is 39.6 Å². The number of nitrogens with zero attached hydrogens (tertiary/aromatic N) is 3. The van der Waals surface area contributed by atoms with Crippen molar-refractivity contribution in [2.45, 2.75) is 25.7 Å². The van der Waals surface area contributed by atoms with E-state index in [2.05, 4.69) is 5.10 Å². The van der Waals surface area contributed by atoms with Gasteiger partial charge in [0.15, 0.2) is 11.4 Å². The maximum Gasteiger partial charge on any atom is 0.166 e. The van der Waals surface area contributed by atoms with Gasteiger partial charge < -0.3 is 4.74 Å². The minimum absolute atomic E-state index is 0.104. The van der Waals surface area contributed by atoms with Gasteiger partial charge in [-0.15, -0.1) is 0 Å². The Balaban J connectivity index is 1.59. The topological polar surface area (TPSA) is 56.5 Å². The quantitative estimate of drug-likeness (QED) is 0.455. The van der Waals surface area contributed by atoms with Gasteiger partial charge >= 0.3 is 0 Å². The van der Waals surface area contributed by atoms with E-state index in [1.54, 1.807) is 11.6 Å². The molecule has 150 valence electrons. The Bertz CT molecular complexity index is 1260. The molecule has 0 radical (unpaired) electrons. The fourth-order valence-electron chi connectivity index (χ4n) is 4.21. The molecule has 2 aromatic carbocycles. The third-order valence-electron chi connectivity index (χ3n) is 5.76. The molecule has 0 fully saturated rings. The Morgan fingerprint density at radius 2 is 1.80 bits per heavy atom. The van der Waals surface area contributed by atoms with Gasteiger partial charge in [0, 0.05) is 23.2 Å². The van der Waals surface area contributed by atoms with Crippen molar-refractivity contribution in [3.63, 3.8) is 0 Å². The first-order valence-corrected chi connectivity index (χ1v) is 10.2. The summed E-state index contributed by atoms with van der Waals surface area (Å²) in [6, 6.07) is 15.6. The number of ketones is 1. The minimum atomic E-state index is 0.104. The van der Waals surface area contributed by atoms with Crippen LogP contribution in [0.15, 0.2) is 54.7 Å². The van der Waals surface area contributed by atoms with Crippen molar-refractivity contribution in [1.29, 1.82) is 0 Å². The van der Waals surface area contributed by atoms with Gasteiger partial charge in [0.25, 0.3) is 0 Å². The van der Waals surface area contributed by atoms with E-state index in [1.165, 1.54) is 0 Å². The molecule has 1 aliphatic carbocycles. The second-order valence-electron chi connectivity index (χ2n) is 7.64. The van der Waals surface area contributed by atoms with Gasteiger partial charge in [-0.2, -0.15) is 5.10 Å². The predicted octanol–water partition coefficient (Wildman–Crippen LogP) is 5.28. The van der Waals surface area contributed by atoms with E-state index >= 15 is 0 Å². The molecule has 5 nitrogen and oxygen atoms in total. The first kappa shape index (κ1) is 18.8. The summed E-state index contributed by atoms with van der Waals surface area (Å²) in [5.41, 5.74) is 6.22. The highest BCUT2D eigenvalue weighted by Crippen LogP contribution is 2.35. The second-order valence-corrected chi connectivity index (χ2v) is 8.07. The molecule has 0 saturated carbocycles. The van der Waals surface area contributed by atoms with Crippen LogP contribution in [-0.2, 0) is 6.42 Å². The summed E-state index contributed by atoms with van der Waals surface area (Å²) in [7, 11) is 1.65. The minimum Gasteiger partial charge on any atom is -0.497 e. The molecule has 1 unspecified atom stereocenters. The molecule has 2 aromatic heterocycles. The van der Waals surface area contributed by atoms with Gasteiger partial charge in [0.1, 0.15) is 5.75 Å². The third kappa shape index (κ3) is 3.15. The lowest BCUT2D eigenvalue weighted by atomic mass is 9.82. The summed E-state index contributed by atoms with van der Waals surface area (Å²) in [5, 5.41) is 5.29. The van der Waals surface area contributed by atoms with Gasteiger partial charge in [-0.25, -0.2) is 9.50 Å². The number of carbonyl (C=O) groups is 1. The summed E-state index contributed by atoms with van der Waals surface area (Å²) >= 11 is 6.05. The largest absolute Gasteiger partial charge is 0.497 e. The van der Waals surface area contributed by atoms with Crippen molar-refractivity contribution in [1.82, 2.24) is 14.6 Å². The molecule has 0 aliphatic heterocycles. The maximum atomic E-state index is 12.9. The molecular formula is C24H20ClN3O2. The van der Waals surface area contributed by atoms with Crippen molar-refractivity contribution in [2.24, 2.45) is 0 Å². The van der Waals surface area contributed by atoms with E-state index in [4.69, 9.17) is 21.3 Å². The number of Topliss-reactive ketones (excluding diaryl/α,β-unsaturated/α-hetero) is 1. The van der Waals surface area contributed by atoms with Gasteiger partial charge in [0.05, 0.1) is 24.1 Å². The number of hydrogen-bond donors (Lipinski definition) is 0. The molecule has 30 heavy (non-hydrogen) atoms. The molecule has 0 amide bonds. The van der Waals surface area contributed by atoms with E-state index in [9.17, 15) is 4.79 Å². The van der Waals surface area contributed by atoms with Crippen LogP contribution in [0.3, 0.4) is 0 Å². The Hall–Kier alpha value is -3.18. The Morgan fingerprint density at radius 1 is 1.07 bits per heavy atom. The zero-order valence-corrected chi connectivity index (χ0v) is 17.5. The normalized spacial score (nSPS) is 16.0. The van der Waals surface area contributed by atoms with Crippen LogP contribution in [0.2, 0.25) is 5.02 Å². The number of fused-ring (bicyclic) bond motifs is 2. The Morgan fingerprint density at radius 3 is 2.50 bits per heavy atom. The first-order chi connectivity index (χ1) is 14.5. The summed E-state index contributed by atoms with van der Waals surface area (Å²) in [5.74, 6) is 1.02. The number of carbonyl (C=O) groups excluding carboxylic acids is 1. The van der Waals surface area contributed by atoms with Crippen molar-refractivity contribution >= 4 is 23.0 Å².